The van der Waals surface area contributed by atoms with Crippen molar-refractivity contribution < 1.29 is 19.3 Å². The number of hydrogen-bond donors (Lipinski definition) is 0. The lowest BCUT2D eigenvalue weighted by molar-refractivity contribution is -0.384. The number of anilines is 1. The van der Waals surface area contributed by atoms with E-state index in [-0.39, 0.29) is 23.9 Å². The van der Waals surface area contributed by atoms with Crippen LogP contribution in [-0.2, 0) is 16.0 Å². The Morgan fingerprint density at radius 1 is 1.10 bits per heavy atom. The van der Waals surface area contributed by atoms with Crippen molar-refractivity contribution in [2.24, 2.45) is 17.3 Å². The highest BCUT2D eigenvalue weighted by atomic mass is 16.6. The molecule has 0 saturated carbocycles. The number of hydrogen-bond acceptors (Lipinski definition) is 6. The Bertz CT molecular complexity index is 902. The molecule has 0 aromatic heterocycles. The van der Waals surface area contributed by atoms with Crippen LogP contribution < -0.4 is 4.90 Å². The van der Waals surface area contributed by atoms with E-state index in [0.717, 1.165) is 15.5 Å². The number of nitrogens with zero attached hydrogens (tertiary/aromatic N) is 4. The number of urea groups is 1. The molecular formula is C21H28N4O5. The Balaban J connectivity index is 2.31. The van der Waals surface area contributed by atoms with E-state index in [1.165, 1.54) is 26.2 Å². The summed E-state index contributed by atoms with van der Waals surface area (Å²) in [5, 5.41) is 11.4. The molecule has 1 aromatic carbocycles. The molecule has 0 bridgehead atoms. The summed E-state index contributed by atoms with van der Waals surface area (Å²) in [5.41, 5.74) is -0.256. The zero-order chi connectivity index (χ0) is 22.5. The number of nitro benzene ring substituents is 1. The predicted octanol–water partition coefficient (Wildman–Crippen LogP) is 2.67. The van der Waals surface area contributed by atoms with Gasteiger partial charge in [-0.05, 0) is 23.5 Å². The first-order valence-corrected chi connectivity index (χ1v) is 10.1. The molecule has 2 aliphatic rings. The number of imide groups is 2. The van der Waals surface area contributed by atoms with Gasteiger partial charge in [-0.3, -0.25) is 29.5 Å². The fourth-order valence-electron chi connectivity index (χ4n) is 4.96. The second-order valence-corrected chi connectivity index (χ2v) is 8.96. The van der Waals surface area contributed by atoms with Gasteiger partial charge in [0.25, 0.3) is 5.69 Å². The molecule has 2 aliphatic heterocycles. The molecule has 0 radical (unpaired) electrons. The lowest BCUT2D eigenvalue weighted by atomic mass is 9.64. The van der Waals surface area contributed by atoms with E-state index in [9.17, 15) is 24.5 Å². The van der Waals surface area contributed by atoms with Gasteiger partial charge in [0.05, 0.1) is 11.0 Å². The number of barbiturate groups is 1. The van der Waals surface area contributed by atoms with Gasteiger partial charge in [0.1, 0.15) is 0 Å². The summed E-state index contributed by atoms with van der Waals surface area (Å²) in [5.74, 6) is -0.981. The summed E-state index contributed by atoms with van der Waals surface area (Å²) < 4.78 is 0. The van der Waals surface area contributed by atoms with Crippen LogP contribution in [0, 0.1) is 27.4 Å². The van der Waals surface area contributed by atoms with E-state index in [0.29, 0.717) is 12.1 Å². The van der Waals surface area contributed by atoms with Crippen LogP contribution in [0.15, 0.2) is 18.2 Å². The number of carbonyl (C=O) groups is 3. The van der Waals surface area contributed by atoms with E-state index in [1.54, 1.807) is 6.07 Å². The summed E-state index contributed by atoms with van der Waals surface area (Å²) in [6.45, 7) is 8.55. The number of non-ortho nitro benzene ring substituents is 1. The molecule has 0 N–H and O–H groups in total. The SMILES string of the molecule is CC(C)CN1c2ccc([N+](=O)[O-])cc2CC2(C(=O)N(C)C(=O)N(C)C2=O)[C@@H]1C(C)C. The van der Waals surface area contributed by atoms with Crippen molar-refractivity contribution in [1.82, 2.24) is 9.80 Å². The number of nitro groups is 1. The average molecular weight is 416 g/mol. The van der Waals surface area contributed by atoms with Crippen molar-refractivity contribution in [3.63, 3.8) is 0 Å². The minimum absolute atomic E-state index is 0.0150. The van der Waals surface area contributed by atoms with Gasteiger partial charge in [-0.1, -0.05) is 27.7 Å². The fourth-order valence-corrected chi connectivity index (χ4v) is 4.96. The normalized spacial score (nSPS) is 21.1. The summed E-state index contributed by atoms with van der Waals surface area (Å²) in [6, 6.07) is 3.44. The van der Waals surface area contributed by atoms with E-state index >= 15 is 0 Å². The monoisotopic (exact) mass is 416 g/mol. The molecule has 0 aliphatic carbocycles. The predicted molar refractivity (Wildman–Crippen MR) is 111 cm³/mol. The fraction of sp³-hybridized carbons (Fsp3) is 0.571. The Morgan fingerprint density at radius 2 is 1.67 bits per heavy atom. The van der Waals surface area contributed by atoms with Crippen molar-refractivity contribution in [2.45, 2.75) is 40.2 Å². The number of carbonyl (C=O) groups excluding carboxylic acids is 3. The van der Waals surface area contributed by atoms with Gasteiger partial charge >= 0.3 is 6.03 Å². The van der Waals surface area contributed by atoms with E-state index in [2.05, 4.69) is 0 Å². The molecule has 9 heteroatoms. The molecule has 3 rings (SSSR count). The van der Waals surface area contributed by atoms with E-state index < -0.39 is 34.2 Å². The summed E-state index contributed by atoms with van der Waals surface area (Å²) in [7, 11) is 2.75. The van der Waals surface area contributed by atoms with Gasteiger partial charge in [-0.25, -0.2) is 4.79 Å². The van der Waals surface area contributed by atoms with Crippen molar-refractivity contribution in [3.05, 3.63) is 33.9 Å². The minimum Gasteiger partial charge on any atom is -0.366 e. The van der Waals surface area contributed by atoms with Crippen LogP contribution in [0.3, 0.4) is 0 Å². The maximum Gasteiger partial charge on any atom is 0.332 e. The lowest BCUT2D eigenvalue weighted by Gasteiger charge is -2.54. The minimum atomic E-state index is -1.53. The Hall–Kier alpha value is -2.97. The number of fused-ring (bicyclic) bond motifs is 1. The summed E-state index contributed by atoms with van der Waals surface area (Å²) in [6.07, 6.45) is 0.0150. The van der Waals surface area contributed by atoms with Crippen molar-refractivity contribution >= 4 is 29.2 Å². The smallest absolute Gasteiger partial charge is 0.332 e. The molecule has 1 atom stereocenters. The molecule has 9 nitrogen and oxygen atoms in total. The van der Waals surface area contributed by atoms with Gasteiger partial charge in [0, 0.05) is 44.9 Å². The largest absolute Gasteiger partial charge is 0.366 e. The molecule has 2 heterocycles. The quantitative estimate of drug-likeness (QED) is 0.425. The van der Waals surface area contributed by atoms with Gasteiger partial charge in [0.2, 0.25) is 11.8 Å². The maximum absolute atomic E-state index is 13.5. The standard InChI is InChI=1S/C21H28N4O5/c1-12(2)11-24-16-8-7-15(25(29)30)9-14(16)10-21(17(24)13(3)4)18(26)22(5)20(28)23(6)19(21)27/h7-9,12-13,17H,10-11H2,1-6H3/t17-/m0/s1. The summed E-state index contributed by atoms with van der Waals surface area (Å²) in [4.78, 5) is 54.4. The highest BCUT2D eigenvalue weighted by Crippen LogP contribution is 2.48. The third-order valence-electron chi connectivity index (χ3n) is 6.03. The first kappa shape index (κ1) is 21.7. The number of benzene rings is 1. The Kier molecular flexibility index (Phi) is 5.34. The third-order valence-corrected chi connectivity index (χ3v) is 6.03. The number of rotatable bonds is 4. The highest BCUT2D eigenvalue weighted by molar-refractivity contribution is 6.20. The maximum atomic E-state index is 13.5. The first-order valence-electron chi connectivity index (χ1n) is 10.1. The van der Waals surface area contributed by atoms with Crippen molar-refractivity contribution in [2.75, 3.05) is 25.5 Å². The molecule has 1 saturated heterocycles. The Morgan fingerprint density at radius 3 is 2.13 bits per heavy atom. The molecular weight excluding hydrogens is 388 g/mol. The van der Waals surface area contributed by atoms with Crippen LogP contribution >= 0.6 is 0 Å². The highest BCUT2D eigenvalue weighted by Gasteiger charge is 2.63. The second-order valence-electron chi connectivity index (χ2n) is 8.96. The van der Waals surface area contributed by atoms with Crippen molar-refractivity contribution in [1.29, 1.82) is 0 Å². The summed E-state index contributed by atoms with van der Waals surface area (Å²) >= 11 is 0. The van der Waals surface area contributed by atoms with E-state index in [4.69, 9.17) is 0 Å². The Labute approximate surface area is 175 Å². The lowest BCUT2D eigenvalue weighted by Crippen LogP contribution is -2.72. The van der Waals surface area contributed by atoms with Crippen LogP contribution in [0.2, 0.25) is 0 Å². The van der Waals surface area contributed by atoms with Gasteiger partial charge < -0.3 is 4.90 Å². The van der Waals surface area contributed by atoms with Crippen molar-refractivity contribution in [3.8, 4) is 0 Å². The van der Waals surface area contributed by atoms with Crippen LogP contribution in [0.4, 0.5) is 16.2 Å². The zero-order valence-electron chi connectivity index (χ0n) is 18.2. The topological polar surface area (TPSA) is 104 Å². The van der Waals surface area contributed by atoms with Gasteiger partial charge in [0.15, 0.2) is 5.41 Å². The third kappa shape index (κ3) is 3.03. The van der Waals surface area contributed by atoms with Crippen LogP contribution in [0.25, 0.3) is 0 Å². The molecule has 0 unspecified atom stereocenters. The first-order chi connectivity index (χ1) is 13.9. The molecule has 4 amide bonds. The van der Waals surface area contributed by atoms with Crippen LogP contribution in [0.1, 0.15) is 33.3 Å². The van der Waals surface area contributed by atoms with Crippen LogP contribution in [0.5, 0.6) is 0 Å². The molecule has 1 spiro atoms. The molecule has 1 aromatic rings. The molecule has 30 heavy (non-hydrogen) atoms. The van der Waals surface area contributed by atoms with Gasteiger partial charge in [-0.15, -0.1) is 0 Å². The van der Waals surface area contributed by atoms with Gasteiger partial charge in [-0.2, -0.15) is 0 Å². The molecule has 1 fully saturated rings. The zero-order valence-corrected chi connectivity index (χ0v) is 18.2. The second kappa shape index (κ2) is 7.37. The average Bonchev–Trinajstić information content (AvgIpc) is 2.68. The molecule has 162 valence electrons. The van der Waals surface area contributed by atoms with Crippen LogP contribution in [-0.4, -0.2) is 59.3 Å². The number of amides is 4. The van der Waals surface area contributed by atoms with E-state index in [1.807, 2.05) is 32.6 Å².